The minimum Gasteiger partial charge on any atom is -0.465 e. The van der Waals surface area contributed by atoms with Gasteiger partial charge in [-0.05, 0) is 48.7 Å². The predicted octanol–water partition coefficient (Wildman–Crippen LogP) is 6.88. The first-order valence-corrected chi connectivity index (χ1v) is 17.2. The maximum atomic E-state index is 14.5. The fraction of sp³-hybridized carbons (Fsp3) is 0.500. The third kappa shape index (κ3) is 7.36. The summed E-state index contributed by atoms with van der Waals surface area (Å²) in [5.41, 5.74) is 1.38. The van der Waals surface area contributed by atoms with Crippen LogP contribution in [-0.2, 0) is 21.6 Å². The van der Waals surface area contributed by atoms with E-state index in [2.05, 4.69) is 24.7 Å². The molecule has 0 aliphatic carbocycles. The summed E-state index contributed by atoms with van der Waals surface area (Å²) in [7, 11) is -1.21. The monoisotopic (exact) mass is 579 g/mol. The first-order valence-electron chi connectivity index (χ1n) is 13.2. The normalized spacial score (nSPS) is 16.5. The van der Waals surface area contributed by atoms with Crippen LogP contribution in [0.15, 0.2) is 42.6 Å². The Morgan fingerprint density at radius 1 is 1.21 bits per heavy atom. The number of benzene rings is 2. The number of carboxylic acid groups (broad SMARTS) is 1. The highest BCUT2D eigenvalue weighted by molar-refractivity contribution is 6.76. The number of hydrogen-bond acceptors (Lipinski definition) is 4. The van der Waals surface area contributed by atoms with Crippen LogP contribution in [-0.4, -0.2) is 66.9 Å². The Morgan fingerprint density at radius 3 is 2.51 bits per heavy atom. The van der Waals surface area contributed by atoms with Crippen LogP contribution in [0.2, 0.25) is 30.7 Å². The Kier molecular flexibility index (Phi) is 9.31. The Bertz CT molecular complexity index is 1270. The number of carbonyl (C=O) groups is 1. The van der Waals surface area contributed by atoms with Gasteiger partial charge in [0, 0.05) is 55.4 Å². The minimum atomic E-state index is -1.21. The number of aromatic nitrogens is 2. The number of piperidine rings is 1. The third-order valence-corrected chi connectivity index (χ3v) is 9.29. The molecule has 0 spiro atoms. The molecule has 1 unspecified atom stereocenters. The van der Waals surface area contributed by atoms with E-state index in [0.717, 1.165) is 17.0 Å². The molecule has 7 nitrogen and oxygen atoms in total. The molecule has 0 saturated carbocycles. The van der Waals surface area contributed by atoms with Gasteiger partial charge >= 0.3 is 6.09 Å². The molecular weight excluding hydrogens is 544 g/mol. The van der Waals surface area contributed by atoms with Gasteiger partial charge in [-0.15, -0.1) is 0 Å². The zero-order valence-corrected chi connectivity index (χ0v) is 24.4. The molecule has 1 aromatic heterocycles. The Morgan fingerprint density at radius 2 is 1.90 bits per heavy atom. The number of halogens is 3. The van der Waals surface area contributed by atoms with E-state index in [-0.39, 0.29) is 19.2 Å². The highest BCUT2D eigenvalue weighted by Crippen LogP contribution is 2.38. The fourth-order valence-electron chi connectivity index (χ4n) is 4.95. The summed E-state index contributed by atoms with van der Waals surface area (Å²) in [6.07, 6.45) is 0.857. The highest BCUT2D eigenvalue weighted by Gasteiger charge is 2.39. The number of amides is 1. The van der Waals surface area contributed by atoms with Gasteiger partial charge in [-0.2, -0.15) is 5.10 Å². The van der Waals surface area contributed by atoms with Crippen molar-refractivity contribution in [2.75, 3.05) is 33.0 Å². The first-order chi connectivity index (χ1) is 18.5. The van der Waals surface area contributed by atoms with Crippen molar-refractivity contribution in [1.82, 2.24) is 14.7 Å². The van der Waals surface area contributed by atoms with E-state index in [9.17, 15) is 18.7 Å². The van der Waals surface area contributed by atoms with Crippen LogP contribution in [0.5, 0.6) is 0 Å². The number of ether oxygens (including phenoxy) is 2. The van der Waals surface area contributed by atoms with Gasteiger partial charge in [-0.3, -0.25) is 0 Å². The molecule has 1 N–H and O–H groups in total. The summed E-state index contributed by atoms with van der Waals surface area (Å²) in [4.78, 5) is 12.9. The van der Waals surface area contributed by atoms with Crippen molar-refractivity contribution in [2.45, 2.75) is 56.8 Å². The van der Waals surface area contributed by atoms with Gasteiger partial charge < -0.3 is 19.5 Å². The molecule has 4 rings (SSSR count). The number of nitrogens with zero attached hydrogens (tertiary/aromatic N) is 3. The first kappa shape index (κ1) is 29.4. The van der Waals surface area contributed by atoms with Crippen molar-refractivity contribution >= 4 is 36.7 Å². The van der Waals surface area contributed by atoms with Gasteiger partial charge in [0.1, 0.15) is 25.3 Å². The maximum absolute atomic E-state index is 14.5. The SMILES string of the molecule is C[Si](C)(C)CCOCn1cc2cc(Cl)cc(C(CF)OCC3(c4ccc(F)cc4)CCN(C(=O)O)CC3)c2n1. The molecule has 0 radical (unpaired) electrons. The van der Waals surface area contributed by atoms with Gasteiger partial charge in [0.25, 0.3) is 0 Å². The van der Waals surface area contributed by atoms with E-state index in [0.29, 0.717) is 48.6 Å². The molecule has 212 valence electrons. The summed E-state index contributed by atoms with van der Waals surface area (Å²) >= 11 is 6.41. The molecule has 1 aliphatic rings. The van der Waals surface area contributed by atoms with Crippen molar-refractivity contribution in [3.63, 3.8) is 0 Å². The lowest BCUT2D eigenvalue weighted by molar-refractivity contribution is -0.0129. The van der Waals surface area contributed by atoms with Crippen LogP contribution in [0.4, 0.5) is 13.6 Å². The predicted molar refractivity (Wildman–Crippen MR) is 150 cm³/mol. The van der Waals surface area contributed by atoms with Crippen molar-refractivity contribution in [3.8, 4) is 0 Å². The zero-order chi connectivity index (χ0) is 28.2. The van der Waals surface area contributed by atoms with Gasteiger partial charge in [0.05, 0.1) is 12.1 Å². The second-order valence-corrected chi connectivity index (χ2v) is 17.5. The fourth-order valence-corrected chi connectivity index (χ4v) is 5.94. The van der Waals surface area contributed by atoms with Gasteiger partial charge in [-0.1, -0.05) is 43.4 Å². The molecule has 39 heavy (non-hydrogen) atoms. The number of fused-ring (bicyclic) bond motifs is 1. The molecule has 2 aromatic carbocycles. The van der Waals surface area contributed by atoms with Gasteiger partial charge in [0.2, 0.25) is 0 Å². The summed E-state index contributed by atoms with van der Waals surface area (Å²) < 4.78 is 41.9. The molecule has 11 heteroatoms. The Balaban J connectivity index is 1.55. The highest BCUT2D eigenvalue weighted by atomic mass is 35.5. The molecule has 1 fully saturated rings. The number of likely N-dealkylation sites (tertiary alicyclic amines) is 1. The molecular formula is C28H36ClF2N3O4Si. The van der Waals surface area contributed by atoms with Gasteiger partial charge in [-0.25, -0.2) is 18.3 Å². The van der Waals surface area contributed by atoms with E-state index in [4.69, 9.17) is 21.1 Å². The van der Waals surface area contributed by atoms with E-state index in [1.54, 1.807) is 28.9 Å². The smallest absolute Gasteiger partial charge is 0.407 e. The van der Waals surface area contributed by atoms with Crippen molar-refractivity contribution in [1.29, 1.82) is 0 Å². The third-order valence-electron chi connectivity index (χ3n) is 7.37. The number of alkyl halides is 1. The second kappa shape index (κ2) is 12.3. The number of rotatable bonds is 11. The van der Waals surface area contributed by atoms with Crippen LogP contribution < -0.4 is 0 Å². The summed E-state index contributed by atoms with van der Waals surface area (Å²) in [6, 6.07) is 10.7. The minimum absolute atomic E-state index is 0.134. The lowest BCUT2D eigenvalue weighted by Gasteiger charge is -2.41. The lowest BCUT2D eigenvalue weighted by atomic mass is 9.73. The van der Waals surface area contributed by atoms with Crippen molar-refractivity contribution in [2.24, 2.45) is 0 Å². The average molecular weight is 580 g/mol. The summed E-state index contributed by atoms with van der Waals surface area (Å²) in [5, 5.41) is 15.3. The summed E-state index contributed by atoms with van der Waals surface area (Å²) in [5.74, 6) is -0.360. The molecule has 1 saturated heterocycles. The van der Waals surface area contributed by atoms with E-state index in [1.807, 2.05) is 6.20 Å². The van der Waals surface area contributed by atoms with Crippen LogP contribution in [0.25, 0.3) is 10.9 Å². The van der Waals surface area contributed by atoms with Crippen LogP contribution in [0, 0.1) is 5.82 Å². The van der Waals surface area contributed by atoms with Crippen molar-refractivity contribution < 1.29 is 28.2 Å². The molecule has 2 heterocycles. The number of hydrogen-bond donors (Lipinski definition) is 1. The Labute approximate surface area is 233 Å². The average Bonchev–Trinajstić information content (AvgIpc) is 3.29. The summed E-state index contributed by atoms with van der Waals surface area (Å²) in [6.45, 7) is 7.76. The van der Waals surface area contributed by atoms with Crippen molar-refractivity contribution in [3.05, 3.63) is 64.6 Å². The van der Waals surface area contributed by atoms with Gasteiger partial charge in [0.15, 0.2) is 0 Å². The maximum Gasteiger partial charge on any atom is 0.407 e. The molecule has 0 bridgehead atoms. The molecule has 3 aromatic rings. The molecule has 1 amide bonds. The Hall–Kier alpha value is -2.53. The second-order valence-electron chi connectivity index (χ2n) is 11.5. The largest absolute Gasteiger partial charge is 0.465 e. The lowest BCUT2D eigenvalue weighted by Crippen LogP contribution is -2.47. The topological polar surface area (TPSA) is 76.8 Å². The van der Waals surface area contributed by atoms with Crippen LogP contribution in [0.3, 0.4) is 0 Å². The van der Waals surface area contributed by atoms with Crippen LogP contribution >= 0.6 is 11.6 Å². The van der Waals surface area contributed by atoms with Crippen LogP contribution in [0.1, 0.15) is 30.1 Å². The standard InChI is InChI=1S/C28H36ClF2N3O4Si/c1-39(2,3)13-12-37-19-34-17-20-14-22(29)15-24(26(20)32-34)25(16-30)38-18-28(21-4-6-23(31)7-5-21)8-10-33(11-9-28)27(35)36/h4-7,14-15,17,25H,8-13,16,18-19H2,1-3H3,(H,35,36). The van der Waals surface area contributed by atoms with E-state index >= 15 is 0 Å². The van der Waals surface area contributed by atoms with E-state index in [1.165, 1.54) is 17.0 Å². The zero-order valence-electron chi connectivity index (χ0n) is 22.6. The quantitative estimate of drug-likeness (QED) is 0.198. The molecule has 1 aliphatic heterocycles. The molecule has 1 atom stereocenters. The van der Waals surface area contributed by atoms with E-state index < -0.39 is 32.4 Å².